The zero-order valence-corrected chi connectivity index (χ0v) is 11.2. The minimum atomic E-state index is 0.756. The van der Waals surface area contributed by atoms with Crippen molar-refractivity contribution < 1.29 is 4.74 Å². The van der Waals surface area contributed by atoms with Gasteiger partial charge in [-0.25, -0.2) is 0 Å². The first kappa shape index (κ1) is 13.7. The van der Waals surface area contributed by atoms with E-state index in [1.165, 1.54) is 12.8 Å². The van der Waals surface area contributed by atoms with E-state index in [0.29, 0.717) is 0 Å². The van der Waals surface area contributed by atoms with Gasteiger partial charge in [-0.2, -0.15) is 0 Å². The van der Waals surface area contributed by atoms with Gasteiger partial charge in [-0.1, -0.05) is 24.4 Å². The maximum absolute atomic E-state index is 5.87. The van der Waals surface area contributed by atoms with E-state index in [1.807, 2.05) is 25.1 Å². The van der Waals surface area contributed by atoms with Crippen LogP contribution in [0.5, 0.6) is 5.75 Å². The zero-order chi connectivity index (χ0) is 11.8. The molecule has 90 valence electrons. The summed E-state index contributed by atoms with van der Waals surface area (Å²) >= 11 is 11.5. The lowest BCUT2D eigenvalue weighted by Gasteiger charge is -2.08. The molecule has 1 rings (SSSR count). The number of hydrogen-bond acceptors (Lipinski definition) is 1. The summed E-state index contributed by atoms with van der Waals surface area (Å²) in [6.07, 6.45) is 4.55. The lowest BCUT2D eigenvalue weighted by atomic mass is 10.2. The van der Waals surface area contributed by atoms with Gasteiger partial charge in [0.1, 0.15) is 5.75 Å². The number of aryl methyl sites for hydroxylation is 1. The van der Waals surface area contributed by atoms with Crippen molar-refractivity contribution in [1.29, 1.82) is 0 Å². The van der Waals surface area contributed by atoms with Crippen LogP contribution in [0.15, 0.2) is 18.2 Å². The summed E-state index contributed by atoms with van der Waals surface area (Å²) < 4.78 is 5.68. The number of ether oxygens (including phenoxy) is 1. The molecule has 1 aromatic carbocycles. The Balaban J connectivity index is 2.21. The molecule has 0 spiro atoms. The number of halogens is 2. The second-order valence-electron chi connectivity index (χ2n) is 3.86. The molecule has 0 saturated carbocycles. The van der Waals surface area contributed by atoms with Gasteiger partial charge in [-0.3, -0.25) is 0 Å². The molecule has 0 N–H and O–H groups in total. The molecule has 1 aromatic rings. The molecule has 0 radical (unpaired) electrons. The van der Waals surface area contributed by atoms with Gasteiger partial charge in [0.2, 0.25) is 0 Å². The van der Waals surface area contributed by atoms with Gasteiger partial charge in [0.05, 0.1) is 6.61 Å². The van der Waals surface area contributed by atoms with Crippen LogP contribution in [0.1, 0.15) is 31.2 Å². The smallest absolute Gasteiger partial charge is 0.122 e. The Morgan fingerprint density at radius 2 is 1.88 bits per heavy atom. The second kappa shape index (κ2) is 7.81. The summed E-state index contributed by atoms with van der Waals surface area (Å²) in [6, 6.07) is 5.71. The highest BCUT2D eigenvalue weighted by Crippen LogP contribution is 2.21. The highest BCUT2D eigenvalue weighted by atomic mass is 35.5. The summed E-state index contributed by atoms with van der Waals surface area (Å²) in [4.78, 5) is 0. The topological polar surface area (TPSA) is 9.23 Å². The van der Waals surface area contributed by atoms with E-state index in [9.17, 15) is 0 Å². The molecule has 0 bridgehead atoms. The zero-order valence-electron chi connectivity index (χ0n) is 9.64. The van der Waals surface area contributed by atoms with Gasteiger partial charge in [0.25, 0.3) is 0 Å². The molecule has 0 aliphatic heterocycles. The Morgan fingerprint density at radius 1 is 1.12 bits per heavy atom. The number of alkyl halides is 1. The first-order valence-electron chi connectivity index (χ1n) is 5.69. The van der Waals surface area contributed by atoms with Gasteiger partial charge in [0.15, 0.2) is 0 Å². The predicted octanol–water partition coefficient (Wildman–Crippen LogP) is 4.83. The van der Waals surface area contributed by atoms with E-state index >= 15 is 0 Å². The molecule has 0 saturated heterocycles. The fourth-order valence-electron chi connectivity index (χ4n) is 1.51. The summed E-state index contributed by atoms with van der Waals surface area (Å²) in [6.45, 7) is 2.78. The first-order valence-corrected chi connectivity index (χ1v) is 6.60. The van der Waals surface area contributed by atoms with E-state index in [1.54, 1.807) is 0 Å². The lowest BCUT2D eigenvalue weighted by molar-refractivity contribution is 0.303. The van der Waals surface area contributed by atoms with Gasteiger partial charge in [-0.15, -0.1) is 11.6 Å². The van der Waals surface area contributed by atoms with Gasteiger partial charge in [0, 0.05) is 10.9 Å². The molecule has 0 heterocycles. The van der Waals surface area contributed by atoms with E-state index in [2.05, 4.69) is 0 Å². The first-order chi connectivity index (χ1) is 7.74. The standard InChI is InChI=1S/C13H18Cl2O/c1-11-10-12(15)6-7-13(11)16-9-5-3-2-4-8-14/h6-7,10H,2-5,8-9H2,1H3. The van der Waals surface area contributed by atoms with E-state index < -0.39 is 0 Å². The van der Waals surface area contributed by atoms with E-state index in [0.717, 1.165) is 41.7 Å². The third-order valence-electron chi connectivity index (χ3n) is 2.42. The maximum atomic E-state index is 5.87. The molecule has 1 nitrogen and oxygen atoms in total. The summed E-state index contributed by atoms with van der Waals surface area (Å²) in [5, 5.41) is 0.756. The van der Waals surface area contributed by atoms with Crippen molar-refractivity contribution >= 4 is 23.2 Å². The molecule has 0 aliphatic carbocycles. The van der Waals surface area contributed by atoms with Crippen molar-refractivity contribution in [3.8, 4) is 5.75 Å². The van der Waals surface area contributed by atoms with Crippen LogP contribution in [-0.4, -0.2) is 12.5 Å². The van der Waals surface area contributed by atoms with Crippen molar-refractivity contribution in [2.45, 2.75) is 32.6 Å². The monoisotopic (exact) mass is 260 g/mol. The molecule has 0 amide bonds. The van der Waals surface area contributed by atoms with Crippen molar-refractivity contribution in [2.24, 2.45) is 0 Å². The van der Waals surface area contributed by atoms with Gasteiger partial charge in [-0.05, 0) is 43.5 Å². The van der Waals surface area contributed by atoms with Crippen LogP contribution in [0.4, 0.5) is 0 Å². The molecule has 0 fully saturated rings. The maximum Gasteiger partial charge on any atom is 0.122 e. The Morgan fingerprint density at radius 3 is 2.56 bits per heavy atom. The van der Waals surface area contributed by atoms with Crippen molar-refractivity contribution in [3.63, 3.8) is 0 Å². The number of benzene rings is 1. The van der Waals surface area contributed by atoms with E-state index in [4.69, 9.17) is 27.9 Å². The molecular weight excluding hydrogens is 243 g/mol. The van der Waals surface area contributed by atoms with Crippen LogP contribution >= 0.6 is 23.2 Å². The van der Waals surface area contributed by atoms with Crippen LogP contribution in [0, 0.1) is 6.92 Å². The Hall–Kier alpha value is -0.400. The molecule has 0 aromatic heterocycles. The average molecular weight is 261 g/mol. The normalized spacial score (nSPS) is 10.4. The lowest BCUT2D eigenvalue weighted by Crippen LogP contribution is -1.98. The fraction of sp³-hybridized carbons (Fsp3) is 0.538. The number of hydrogen-bond donors (Lipinski definition) is 0. The van der Waals surface area contributed by atoms with Crippen LogP contribution < -0.4 is 4.74 Å². The highest BCUT2D eigenvalue weighted by Gasteiger charge is 1.99. The summed E-state index contributed by atoms with van der Waals surface area (Å²) in [5.74, 6) is 1.69. The van der Waals surface area contributed by atoms with Gasteiger partial charge < -0.3 is 4.74 Å². The Bertz CT molecular complexity index is 313. The predicted molar refractivity (Wildman–Crippen MR) is 70.9 cm³/mol. The van der Waals surface area contributed by atoms with Crippen LogP contribution in [0.2, 0.25) is 5.02 Å². The molecular formula is C13H18Cl2O. The van der Waals surface area contributed by atoms with Crippen molar-refractivity contribution in [1.82, 2.24) is 0 Å². The van der Waals surface area contributed by atoms with Crippen molar-refractivity contribution in [3.05, 3.63) is 28.8 Å². The molecule has 0 unspecified atom stereocenters. The molecule has 0 aliphatic rings. The van der Waals surface area contributed by atoms with Gasteiger partial charge >= 0.3 is 0 Å². The highest BCUT2D eigenvalue weighted by molar-refractivity contribution is 6.30. The average Bonchev–Trinajstić information content (AvgIpc) is 2.26. The second-order valence-corrected chi connectivity index (χ2v) is 4.68. The van der Waals surface area contributed by atoms with Crippen LogP contribution in [0.25, 0.3) is 0 Å². The molecule has 0 atom stereocenters. The Labute approximate surface area is 108 Å². The Kier molecular flexibility index (Phi) is 6.67. The largest absolute Gasteiger partial charge is 0.493 e. The SMILES string of the molecule is Cc1cc(Cl)ccc1OCCCCCCCl. The van der Waals surface area contributed by atoms with Crippen LogP contribution in [-0.2, 0) is 0 Å². The minimum Gasteiger partial charge on any atom is -0.493 e. The summed E-state index contributed by atoms with van der Waals surface area (Å²) in [5.41, 5.74) is 1.09. The number of unbranched alkanes of at least 4 members (excludes halogenated alkanes) is 3. The number of rotatable bonds is 7. The van der Waals surface area contributed by atoms with E-state index in [-0.39, 0.29) is 0 Å². The van der Waals surface area contributed by atoms with Crippen molar-refractivity contribution in [2.75, 3.05) is 12.5 Å². The fourth-order valence-corrected chi connectivity index (χ4v) is 1.92. The third kappa shape index (κ3) is 5.09. The molecule has 3 heteroatoms. The van der Waals surface area contributed by atoms with Crippen LogP contribution in [0.3, 0.4) is 0 Å². The third-order valence-corrected chi connectivity index (χ3v) is 2.92. The quantitative estimate of drug-likeness (QED) is 0.504. The minimum absolute atomic E-state index is 0.756. The molecule has 16 heavy (non-hydrogen) atoms. The summed E-state index contributed by atoms with van der Waals surface area (Å²) in [7, 11) is 0.